The summed E-state index contributed by atoms with van der Waals surface area (Å²) in [4.78, 5) is 0. The molecule has 4 N–H and O–H groups in total. The molecule has 4 aromatic rings. The van der Waals surface area contributed by atoms with Crippen LogP contribution in [0.1, 0.15) is 29.5 Å². The minimum Gasteiger partial charge on any atom is -0.392 e. The molecule has 2 aromatic heterocycles. The second-order valence-corrected chi connectivity index (χ2v) is 8.60. The van der Waals surface area contributed by atoms with Crippen molar-refractivity contribution in [1.29, 1.82) is 0 Å². The number of unbranched alkanes of at least 4 members (excludes halogenated alkanes) is 1. The molecule has 0 atom stereocenters. The monoisotopic (exact) mass is 514 g/mol. The molecule has 4 rings (SSSR count). The zero-order valence-corrected chi connectivity index (χ0v) is 20.2. The van der Waals surface area contributed by atoms with Gasteiger partial charge in [-0.25, -0.2) is 0 Å². The lowest BCUT2D eigenvalue weighted by atomic mass is 10.1. The normalized spacial score (nSPS) is 11.8. The second-order valence-electron chi connectivity index (χ2n) is 8.60. The third-order valence-electron chi connectivity index (χ3n) is 5.82. The predicted molar refractivity (Wildman–Crippen MR) is 135 cm³/mol. The summed E-state index contributed by atoms with van der Waals surface area (Å²) in [5, 5.41) is 31.7. The van der Waals surface area contributed by atoms with Crippen molar-refractivity contribution in [2.75, 3.05) is 31.6 Å². The van der Waals surface area contributed by atoms with E-state index in [9.17, 15) is 18.3 Å². The van der Waals surface area contributed by atoms with Gasteiger partial charge >= 0.3 is 6.18 Å². The minimum atomic E-state index is -4.43. The molecule has 0 aliphatic heterocycles. The summed E-state index contributed by atoms with van der Waals surface area (Å²) >= 11 is 0. The molecule has 2 heterocycles. The second kappa shape index (κ2) is 12.6. The third kappa shape index (κ3) is 7.48. The number of benzene rings is 2. The molecule has 8 nitrogen and oxygen atoms in total. The molecule has 11 heteroatoms. The van der Waals surface area contributed by atoms with Crippen molar-refractivity contribution in [3.05, 3.63) is 71.7 Å². The molecule has 0 fully saturated rings. The summed E-state index contributed by atoms with van der Waals surface area (Å²) < 4.78 is 44.8. The van der Waals surface area contributed by atoms with Gasteiger partial charge in [0, 0.05) is 36.3 Å². The minimum absolute atomic E-state index is 0.253. The van der Waals surface area contributed by atoms with Crippen molar-refractivity contribution in [1.82, 2.24) is 25.7 Å². The molecule has 196 valence electrons. The SMILES string of the molecule is OCc1cc(CNCCCCOCCNc2cc(-c3ccnnc3)cc3[nH]ncc23)cc(C(F)(F)F)c1. The molecule has 0 aliphatic carbocycles. The van der Waals surface area contributed by atoms with E-state index in [0.29, 0.717) is 38.4 Å². The van der Waals surface area contributed by atoms with Crippen molar-refractivity contribution in [3.8, 4) is 11.1 Å². The highest BCUT2D eigenvalue weighted by Gasteiger charge is 2.31. The van der Waals surface area contributed by atoms with Crippen LogP contribution in [-0.2, 0) is 24.1 Å². The summed E-state index contributed by atoms with van der Waals surface area (Å²) in [6.07, 6.45) is 2.37. The molecular formula is C26H29F3N6O2. The molecule has 0 saturated heterocycles. The van der Waals surface area contributed by atoms with Crippen LogP contribution in [0.4, 0.5) is 18.9 Å². The van der Waals surface area contributed by atoms with Crippen LogP contribution in [0.15, 0.2) is 55.0 Å². The van der Waals surface area contributed by atoms with E-state index in [1.54, 1.807) is 24.7 Å². The Balaban J connectivity index is 1.15. The van der Waals surface area contributed by atoms with Gasteiger partial charge in [-0.3, -0.25) is 5.10 Å². The number of ether oxygens (including phenoxy) is 1. The number of anilines is 1. The van der Waals surface area contributed by atoms with Gasteiger partial charge in [0.25, 0.3) is 0 Å². The van der Waals surface area contributed by atoms with Crippen LogP contribution in [0, 0.1) is 0 Å². The quantitative estimate of drug-likeness (QED) is 0.194. The number of alkyl halides is 3. The highest BCUT2D eigenvalue weighted by molar-refractivity contribution is 5.95. The number of halogens is 3. The predicted octanol–water partition coefficient (Wildman–Crippen LogP) is 4.53. The van der Waals surface area contributed by atoms with Gasteiger partial charge in [0.15, 0.2) is 0 Å². The van der Waals surface area contributed by atoms with E-state index in [4.69, 9.17) is 4.74 Å². The Morgan fingerprint density at radius 2 is 1.78 bits per heavy atom. The third-order valence-corrected chi connectivity index (χ3v) is 5.82. The summed E-state index contributed by atoms with van der Waals surface area (Å²) in [7, 11) is 0. The molecule has 0 aliphatic rings. The Bertz CT molecular complexity index is 1280. The number of nitrogens with one attached hydrogen (secondary N) is 3. The highest BCUT2D eigenvalue weighted by Crippen LogP contribution is 2.31. The Kier molecular flexibility index (Phi) is 9.04. The zero-order chi connectivity index (χ0) is 26.1. The first-order valence-corrected chi connectivity index (χ1v) is 12.0. The number of hydrogen-bond acceptors (Lipinski definition) is 7. The number of H-pyrrole nitrogens is 1. The number of aliphatic hydroxyl groups excluding tert-OH is 1. The fourth-order valence-electron chi connectivity index (χ4n) is 3.99. The number of fused-ring (bicyclic) bond motifs is 1. The maximum absolute atomic E-state index is 13.0. The Morgan fingerprint density at radius 1 is 0.919 bits per heavy atom. The fraction of sp³-hybridized carbons (Fsp3) is 0.346. The number of aliphatic hydroxyl groups is 1. The van der Waals surface area contributed by atoms with Crippen molar-refractivity contribution in [2.24, 2.45) is 0 Å². The first-order chi connectivity index (χ1) is 17.9. The lowest BCUT2D eigenvalue weighted by Crippen LogP contribution is -2.17. The van der Waals surface area contributed by atoms with E-state index in [0.717, 1.165) is 52.7 Å². The summed E-state index contributed by atoms with van der Waals surface area (Å²) in [5.41, 5.74) is 3.84. The van der Waals surface area contributed by atoms with Gasteiger partial charge in [0.2, 0.25) is 0 Å². The molecule has 0 amide bonds. The van der Waals surface area contributed by atoms with E-state index in [1.807, 2.05) is 12.1 Å². The zero-order valence-electron chi connectivity index (χ0n) is 20.2. The van der Waals surface area contributed by atoms with E-state index in [-0.39, 0.29) is 5.56 Å². The molecular weight excluding hydrogens is 485 g/mol. The number of aromatic nitrogens is 4. The van der Waals surface area contributed by atoms with Gasteiger partial charge in [0.1, 0.15) is 0 Å². The van der Waals surface area contributed by atoms with Crippen molar-refractivity contribution in [2.45, 2.75) is 32.2 Å². The van der Waals surface area contributed by atoms with Gasteiger partial charge < -0.3 is 20.5 Å². The molecule has 37 heavy (non-hydrogen) atoms. The molecule has 0 spiro atoms. The van der Waals surface area contributed by atoms with Crippen LogP contribution in [0.3, 0.4) is 0 Å². The van der Waals surface area contributed by atoms with E-state index in [1.165, 1.54) is 0 Å². The summed E-state index contributed by atoms with van der Waals surface area (Å²) in [5.74, 6) is 0. The number of hydrogen-bond donors (Lipinski definition) is 4. The van der Waals surface area contributed by atoms with Gasteiger partial charge in [0.05, 0.1) is 42.9 Å². The summed E-state index contributed by atoms with van der Waals surface area (Å²) in [6.45, 7) is 2.27. The molecule has 0 radical (unpaired) electrons. The topological polar surface area (TPSA) is 108 Å². The Morgan fingerprint density at radius 3 is 2.57 bits per heavy atom. The Hall–Kier alpha value is -3.54. The molecule has 0 saturated carbocycles. The Labute approximate surface area is 212 Å². The number of nitrogens with zero attached hydrogens (tertiary/aromatic N) is 3. The van der Waals surface area contributed by atoms with Crippen LogP contribution in [-0.4, -0.2) is 51.8 Å². The lowest BCUT2D eigenvalue weighted by molar-refractivity contribution is -0.137. The molecule has 0 bridgehead atoms. The van der Waals surface area contributed by atoms with Crippen molar-refractivity contribution in [3.63, 3.8) is 0 Å². The maximum Gasteiger partial charge on any atom is 0.416 e. The average molecular weight is 515 g/mol. The van der Waals surface area contributed by atoms with Gasteiger partial charge in [-0.15, -0.1) is 0 Å². The summed E-state index contributed by atoms with van der Waals surface area (Å²) in [6, 6.07) is 9.64. The van der Waals surface area contributed by atoms with Crippen molar-refractivity contribution < 1.29 is 23.0 Å². The maximum atomic E-state index is 13.0. The van der Waals surface area contributed by atoms with Crippen LogP contribution >= 0.6 is 0 Å². The van der Waals surface area contributed by atoms with Crippen LogP contribution in [0.5, 0.6) is 0 Å². The lowest BCUT2D eigenvalue weighted by Gasteiger charge is -2.12. The van der Waals surface area contributed by atoms with Gasteiger partial charge in [-0.05, 0) is 66.4 Å². The van der Waals surface area contributed by atoms with E-state index in [2.05, 4.69) is 37.1 Å². The average Bonchev–Trinajstić information content (AvgIpc) is 3.38. The highest BCUT2D eigenvalue weighted by atomic mass is 19.4. The van der Waals surface area contributed by atoms with Crippen LogP contribution in [0.2, 0.25) is 0 Å². The van der Waals surface area contributed by atoms with Gasteiger partial charge in [-0.1, -0.05) is 6.07 Å². The van der Waals surface area contributed by atoms with E-state index >= 15 is 0 Å². The van der Waals surface area contributed by atoms with Crippen LogP contribution in [0.25, 0.3) is 22.0 Å². The molecule has 2 aromatic carbocycles. The fourth-order valence-corrected chi connectivity index (χ4v) is 3.99. The smallest absolute Gasteiger partial charge is 0.392 e. The first kappa shape index (κ1) is 26.5. The first-order valence-electron chi connectivity index (χ1n) is 12.0. The molecule has 0 unspecified atom stereocenters. The van der Waals surface area contributed by atoms with E-state index < -0.39 is 18.3 Å². The van der Waals surface area contributed by atoms with Gasteiger partial charge in [-0.2, -0.15) is 28.5 Å². The largest absolute Gasteiger partial charge is 0.416 e. The number of aromatic amines is 1. The van der Waals surface area contributed by atoms with Crippen LogP contribution < -0.4 is 10.6 Å². The number of rotatable bonds is 13. The standard InChI is InChI=1S/C26H29F3N6O2/c27-26(28,29)22-10-18(9-19(11-22)17-36)14-30-4-1-2-7-37-8-6-31-24-12-21(20-3-5-32-33-15-20)13-25-23(24)16-34-35-25/h3,5,9-13,15-16,30-31,36H,1-2,4,6-8,14,17H2,(H,34,35). The van der Waals surface area contributed by atoms with Crippen molar-refractivity contribution >= 4 is 16.6 Å².